The Hall–Kier alpha value is -3.99. The lowest BCUT2D eigenvalue weighted by molar-refractivity contribution is -0.192. The molecular formula is C27H26F5N3O3. The minimum absolute atomic E-state index is 0.199. The molecule has 1 heterocycles. The normalized spacial score (nSPS) is 15.8. The molecule has 11 heteroatoms. The number of amides is 1. The number of carbonyl (C=O) groups is 2. The first kappa shape index (κ1) is 28.6. The Morgan fingerprint density at radius 3 is 2.13 bits per heavy atom. The number of nitrogens with zero attached hydrogens (tertiary/aromatic N) is 2. The number of hydrogen-bond donors (Lipinski definition) is 2. The second-order valence-electron chi connectivity index (χ2n) is 8.71. The number of carboxylic acid groups (broad SMARTS) is 1. The molecular weight excluding hydrogens is 509 g/mol. The molecule has 0 bridgehead atoms. The summed E-state index contributed by atoms with van der Waals surface area (Å²) in [7, 11) is 0. The summed E-state index contributed by atoms with van der Waals surface area (Å²) in [4.78, 5) is 25.9. The van der Waals surface area contributed by atoms with E-state index in [1.54, 1.807) is 12.1 Å². The van der Waals surface area contributed by atoms with Gasteiger partial charge in [-0.05, 0) is 73.2 Å². The summed E-state index contributed by atoms with van der Waals surface area (Å²) < 4.78 is 58.2. The summed E-state index contributed by atoms with van der Waals surface area (Å²) in [6, 6.07) is 20.3. The van der Waals surface area contributed by atoms with Crippen LogP contribution in [0.3, 0.4) is 0 Å². The molecule has 1 unspecified atom stereocenters. The third-order valence-corrected chi connectivity index (χ3v) is 5.88. The third kappa shape index (κ3) is 8.27. The van der Waals surface area contributed by atoms with Crippen molar-refractivity contribution in [2.45, 2.75) is 25.7 Å². The molecule has 1 aliphatic rings. The number of piperazine rings is 1. The Balaban J connectivity index is 0.000000505. The largest absolute Gasteiger partial charge is 0.490 e. The zero-order chi connectivity index (χ0) is 27.9. The van der Waals surface area contributed by atoms with Crippen molar-refractivity contribution < 1.29 is 36.6 Å². The van der Waals surface area contributed by atoms with Crippen molar-refractivity contribution in [1.82, 2.24) is 4.90 Å². The fraction of sp³-hybridized carbons (Fsp3) is 0.259. The summed E-state index contributed by atoms with van der Waals surface area (Å²) >= 11 is 0. The van der Waals surface area contributed by atoms with Gasteiger partial charge in [0.2, 0.25) is 0 Å². The maximum Gasteiger partial charge on any atom is 0.490 e. The summed E-state index contributed by atoms with van der Waals surface area (Å²) in [5.74, 6) is -3.60. The smallest absolute Gasteiger partial charge is 0.475 e. The highest BCUT2D eigenvalue weighted by atomic mass is 19.4. The Morgan fingerprint density at radius 1 is 0.947 bits per heavy atom. The molecule has 6 nitrogen and oxygen atoms in total. The van der Waals surface area contributed by atoms with Gasteiger partial charge in [0.25, 0.3) is 5.91 Å². The van der Waals surface area contributed by atoms with Crippen LogP contribution in [0.25, 0.3) is 0 Å². The van der Waals surface area contributed by atoms with Gasteiger partial charge in [-0.1, -0.05) is 12.1 Å². The van der Waals surface area contributed by atoms with Crippen LogP contribution in [0.1, 0.15) is 22.8 Å². The summed E-state index contributed by atoms with van der Waals surface area (Å²) in [6.45, 7) is 5.56. The highest BCUT2D eigenvalue weighted by Gasteiger charge is 2.38. The van der Waals surface area contributed by atoms with Crippen LogP contribution in [0.5, 0.6) is 0 Å². The van der Waals surface area contributed by atoms with E-state index in [4.69, 9.17) is 9.90 Å². The molecule has 0 aromatic heterocycles. The van der Waals surface area contributed by atoms with E-state index in [-0.39, 0.29) is 17.5 Å². The van der Waals surface area contributed by atoms with Gasteiger partial charge in [-0.2, -0.15) is 13.2 Å². The number of nitrogens with one attached hydrogen (secondary N) is 1. The van der Waals surface area contributed by atoms with Crippen LogP contribution in [0.15, 0.2) is 72.8 Å². The van der Waals surface area contributed by atoms with Gasteiger partial charge in [-0.25, -0.2) is 13.6 Å². The summed E-state index contributed by atoms with van der Waals surface area (Å²) in [5, 5.41) is 9.96. The van der Waals surface area contributed by atoms with Gasteiger partial charge in [-0.3, -0.25) is 9.69 Å². The number of carbonyl (C=O) groups excluding carboxylic acids is 1. The van der Waals surface area contributed by atoms with Crippen molar-refractivity contribution >= 4 is 23.3 Å². The minimum atomic E-state index is -5.08. The van der Waals surface area contributed by atoms with Gasteiger partial charge >= 0.3 is 12.1 Å². The first-order chi connectivity index (χ1) is 17.9. The topological polar surface area (TPSA) is 72.9 Å². The molecule has 1 saturated heterocycles. The van der Waals surface area contributed by atoms with Crippen molar-refractivity contribution in [3.8, 4) is 0 Å². The number of benzene rings is 3. The van der Waals surface area contributed by atoms with Crippen LogP contribution >= 0.6 is 0 Å². The number of rotatable bonds is 5. The van der Waals surface area contributed by atoms with Crippen LogP contribution in [0, 0.1) is 11.6 Å². The number of halogens is 5. The van der Waals surface area contributed by atoms with Crippen molar-refractivity contribution in [1.29, 1.82) is 0 Å². The van der Waals surface area contributed by atoms with E-state index in [0.29, 0.717) is 17.3 Å². The van der Waals surface area contributed by atoms with Gasteiger partial charge in [0, 0.05) is 49.2 Å². The van der Waals surface area contributed by atoms with E-state index in [2.05, 4.69) is 22.0 Å². The van der Waals surface area contributed by atoms with E-state index in [0.717, 1.165) is 37.4 Å². The standard InChI is InChI=1S/C25H25F2N3O.C2HF3O2/c1-18-16-30(14-13-29(18)17-19-3-2-4-22(27)15-19)24-11-9-23(10-12-24)28-25(31)20-5-7-21(26)8-6-20;3-2(4,5)1(6)7/h2-12,15,18H,13-14,16-17H2,1H3,(H,28,31);(H,6,7). The maximum absolute atomic E-state index is 13.5. The lowest BCUT2D eigenvalue weighted by atomic mass is 10.1. The molecule has 0 aliphatic carbocycles. The van der Waals surface area contributed by atoms with Crippen molar-refractivity contribution in [2.75, 3.05) is 29.9 Å². The number of anilines is 2. The van der Waals surface area contributed by atoms with Crippen LogP contribution < -0.4 is 10.2 Å². The fourth-order valence-corrected chi connectivity index (χ4v) is 3.89. The van der Waals surface area contributed by atoms with Gasteiger partial charge in [0.05, 0.1) is 0 Å². The van der Waals surface area contributed by atoms with Gasteiger partial charge in [0.1, 0.15) is 11.6 Å². The number of aliphatic carboxylic acids is 1. The van der Waals surface area contributed by atoms with Gasteiger partial charge in [0.15, 0.2) is 0 Å². The highest BCUT2D eigenvalue weighted by Crippen LogP contribution is 2.23. The number of hydrogen-bond acceptors (Lipinski definition) is 4. The molecule has 3 aromatic carbocycles. The highest BCUT2D eigenvalue weighted by molar-refractivity contribution is 6.04. The van der Waals surface area contributed by atoms with Gasteiger partial charge < -0.3 is 15.3 Å². The average Bonchev–Trinajstić information content (AvgIpc) is 2.86. The van der Waals surface area contributed by atoms with Crippen LogP contribution in [-0.2, 0) is 11.3 Å². The second kappa shape index (κ2) is 12.5. The molecule has 0 saturated carbocycles. The Labute approximate surface area is 216 Å². The Kier molecular flexibility index (Phi) is 9.40. The Bertz CT molecular complexity index is 1230. The first-order valence-electron chi connectivity index (χ1n) is 11.6. The lowest BCUT2D eigenvalue weighted by Gasteiger charge is -2.41. The quantitative estimate of drug-likeness (QED) is 0.419. The predicted octanol–water partition coefficient (Wildman–Crippen LogP) is 5.56. The van der Waals surface area contributed by atoms with E-state index in [9.17, 15) is 26.7 Å². The van der Waals surface area contributed by atoms with Gasteiger partial charge in [-0.15, -0.1) is 0 Å². The zero-order valence-electron chi connectivity index (χ0n) is 20.4. The molecule has 3 aromatic rings. The molecule has 1 aliphatic heterocycles. The molecule has 4 rings (SSSR count). The fourth-order valence-electron chi connectivity index (χ4n) is 3.89. The van der Waals surface area contributed by atoms with Crippen LogP contribution in [0.4, 0.5) is 33.3 Å². The van der Waals surface area contributed by atoms with Crippen molar-refractivity contribution in [2.24, 2.45) is 0 Å². The van der Waals surface area contributed by atoms with E-state index >= 15 is 0 Å². The predicted molar refractivity (Wildman–Crippen MR) is 133 cm³/mol. The SMILES string of the molecule is CC1CN(c2ccc(NC(=O)c3ccc(F)cc3)cc2)CCN1Cc1cccc(F)c1.O=C(O)C(F)(F)F. The van der Waals surface area contributed by atoms with Crippen LogP contribution in [-0.4, -0.2) is 53.7 Å². The summed E-state index contributed by atoms with van der Waals surface area (Å²) in [6.07, 6.45) is -5.08. The minimum Gasteiger partial charge on any atom is -0.475 e. The Morgan fingerprint density at radius 2 is 1.58 bits per heavy atom. The molecule has 202 valence electrons. The molecule has 1 amide bonds. The average molecular weight is 536 g/mol. The van der Waals surface area contributed by atoms with Crippen LogP contribution in [0.2, 0.25) is 0 Å². The van der Waals surface area contributed by atoms with Crippen molar-refractivity contribution in [3.63, 3.8) is 0 Å². The monoisotopic (exact) mass is 535 g/mol. The molecule has 0 spiro atoms. The molecule has 1 fully saturated rings. The van der Waals surface area contributed by atoms with E-state index < -0.39 is 12.1 Å². The third-order valence-electron chi connectivity index (χ3n) is 5.88. The number of alkyl halides is 3. The lowest BCUT2D eigenvalue weighted by Crippen LogP contribution is -2.51. The zero-order valence-corrected chi connectivity index (χ0v) is 20.4. The molecule has 0 radical (unpaired) electrons. The molecule has 38 heavy (non-hydrogen) atoms. The molecule has 2 N–H and O–H groups in total. The van der Waals surface area contributed by atoms with Crippen molar-refractivity contribution in [3.05, 3.63) is 95.6 Å². The second-order valence-corrected chi connectivity index (χ2v) is 8.71. The molecule has 1 atom stereocenters. The number of carboxylic acids is 1. The maximum atomic E-state index is 13.5. The van der Waals surface area contributed by atoms with E-state index in [1.165, 1.54) is 30.3 Å². The summed E-state index contributed by atoms with van der Waals surface area (Å²) in [5.41, 5.74) is 3.18. The van der Waals surface area contributed by atoms with E-state index in [1.807, 2.05) is 30.3 Å². The first-order valence-corrected chi connectivity index (χ1v) is 11.6.